The minimum Gasteiger partial charge on any atom is -0.372 e. The topological polar surface area (TPSA) is 15.3 Å². The highest BCUT2D eigenvalue weighted by Crippen LogP contribution is 2.24. The fraction of sp³-hybridized carbons (Fsp3) is 0.500. The van der Waals surface area contributed by atoms with Gasteiger partial charge in [0, 0.05) is 29.8 Å². The van der Waals surface area contributed by atoms with E-state index >= 15 is 0 Å². The van der Waals surface area contributed by atoms with Crippen LogP contribution in [0, 0.1) is 0 Å². The molecular formula is C12H19BrN2. The predicted molar refractivity (Wildman–Crippen MR) is 70.4 cm³/mol. The molecule has 0 bridgehead atoms. The van der Waals surface area contributed by atoms with Crippen molar-refractivity contribution in [3.63, 3.8) is 0 Å². The van der Waals surface area contributed by atoms with Crippen LogP contribution in [-0.4, -0.2) is 20.1 Å². The van der Waals surface area contributed by atoms with E-state index in [-0.39, 0.29) is 0 Å². The van der Waals surface area contributed by atoms with Gasteiger partial charge in [0.1, 0.15) is 0 Å². The second kappa shape index (κ2) is 5.52. The maximum Gasteiger partial charge on any atom is 0.0377 e. The van der Waals surface area contributed by atoms with E-state index in [1.54, 1.807) is 0 Å². The van der Waals surface area contributed by atoms with Crippen LogP contribution < -0.4 is 10.2 Å². The summed E-state index contributed by atoms with van der Waals surface area (Å²) in [5.74, 6) is 0. The maximum atomic E-state index is 3.60. The zero-order chi connectivity index (χ0) is 11.4. The van der Waals surface area contributed by atoms with Gasteiger partial charge in [0.05, 0.1) is 0 Å². The Morgan fingerprint density at radius 3 is 2.53 bits per heavy atom. The molecule has 0 aromatic heterocycles. The van der Waals surface area contributed by atoms with Crippen LogP contribution in [0.3, 0.4) is 0 Å². The van der Waals surface area contributed by atoms with Gasteiger partial charge < -0.3 is 10.2 Å². The molecule has 0 saturated heterocycles. The minimum atomic E-state index is 0.520. The van der Waals surface area contributed by atoms with Gasteiger partial charge in [-0.05, 0) is 38.6 Å². The van der Waals surface area contributed by atoms with Crippen LogP contribution in [0.5, 0.6) is 0 Å². The molecule has 0 unspecified atom stereocenters. The monoisotopic (exact) mass is 270 g/mol. The van der Waals surface area contributed by atoms with Gasteiger partial charge in [-0.3, -0.25) is 0 Å². The van der Waals surface area contributed by atoms with Crippen molar-refractivity contribution in [2.75, 3.05) is 19.0 Å². The van der Waals surface area contributed by atoms with E-state index in [1.165, 1.54) is 15.7 Å². The van der Waals surface area contributed by atoms with Crippen LogP contribution >= 0.6 is 15.9 Å². The molecule has 1 rings (SSSR count). The van der Waals surface area contributed by atoms with Crippen molar-refractivity contribution >= 4 is 21.6 Å². The second-order valence-corrected chi connectivity index (χ2v) is 4.87. The summed E-state index contributed by atoms with van der Waals surface area (Å²) < 4.78 is 1.17. The Labute approximate surface area is 101 Å². The third-order valence-corrected chi connectivity index (χ3v) is 3.32. The Hall–Kier alpha value is -0.540. The smallest absolute Gasteiger partial charge is 0.0377 e. The molecular weight excluding hydrogens is 252 g/mol. The molecule has 1 aromatic rings. The molecule has 84 valence electrons. The van der Waals surface area contributed by atoms with Gasteiger partial charge in [-0.2, -0.15) is 0 Å². The van der Waals surface area contributed by atoms with E-state index < -0.39 is 0 Å². The van der Waals surface area contributed by atoms with Crippen molar-refractivity contribution in [1.29, 1.82) is 0 Å². The molecule has 1 aromatic carbocycles. The number of rotatable bonds is 4. The second-order valence-electron chi connectivity index (χ2n) is 4.01. The molecule has 3 heteroatoms. The molecule has 0 atom stereocenters. The van der Waals surface area contributed by atoms with Crippen LogP contribution in [-0.2, 0) is 6.54 Å². The van der Waals surface area contributed by atoms with Crippen molar-refractivity contribution < 1.29 is 0 Å². The molecule has 0 amide bonds. The van der Waals surface area contributed by atoms with Crippen LogP contribution in [0.2, 0.25) is 0 Å². The lowest BCUT2D eigenvalue weighted by Crippen LogP contribution is -2.25. The lowest BCUT2D eigenvalue weighted by Gasteiger charge is -2.24. The van der Waals surface area contributed by atoms with Crippen LogP contribution in [0.1, 0.15) is 19.4 Å². The first-order valence-electron chi connectivity index (χ1n) is 5.22. The Morgan fingerprint density at radius 1 is 1.40 bits per heavy atom. The van der Waals surface area contributed by atoms with E-state index in [0.29, 0.717) is 6.04 Å². The van der Waals surface area contributed by atoms with Gasteiger partial charge in [0.25, 0.3) is 0 Å². The van der Waals surface area contributed by atoms with E-state index in [0.717, 1.165) is 6.54 Å². The summed E-state index contributed by atoms with van der Waals surface area (Å²) in [6.45, 7) is 5.27. The zero-order valence-electron chi connectivity index (χ0n) is 9.84. The predicted octanol–water partition coefficient (Wildman–Crippen LogP) is 3.01. The first kappa shape index (κ1) is 12.5. The van der Waals surface area contributed by atoms with Crippen molar-refractivity contribution in [2.45, 2.75) is 26.4 Å². The SMILES string of the molecule is CNCc1ccc(N(C)C(C)C)cc1Br. The van der Waals surface area contributed by atoms with Crippen molar-refractivity contribution in [2.24, 2.45) is 0 Å². The molecule has 2 nitrogen and oxygen atoms in total. The number of nitrogens with one attached hydrogen (secondary N) is 1. The normalized spacial score (nSPS) is 10.8. The molecule has 0 aliphatic rings. The Kier molecular flexibility index (Phi) is 4.61. The van der Waals surface area contributed by atoms with Gasteiger partial charge >= 0.3 is 0 Å². The summed E-state index contributed by atoms with van der Waals surface area (Å²) in [6.07, 6.45) is 0. The maximum absolute atomic E-state index is 3.60. The highest BCUT2D eigenvalue weighted by Gasteiger charge is 2.07. The van der Waals surface area contributed by atoms with Gasteiger partial charge in [0.2, 0.25) is 0 Å². The number of hydrogen-bond donors (Lipinski definition) is 1. The van der Waals surface area contributed by atoms with Crippen LogP contribution in [0.4, 0.5) is 5.69 Å². The van der Waals surface area contributed by atoms with E-state index in [1.807, 2.05) is 7.05 Å². The largest absolute Gasteiger partial charge is 0.372 e. The average Bonchev–Trinajstić information content (AvgIpc) is 2.20. The lowest BCUT2D eigenvalue weighted by atomic mass is 10.2. The van der Waals surface area contributed by atoms with Gasteiger partial charge in [-0.15, -0.1) is 0 Å². The quantitative estimate of drug-likeness (QED) is 0.905. The van der Waals surface area contributed by atoms with Gasteiger partial charge in [-0.25, -0.2) is 0 Å². The number of benzene rings is 1. The zero-order valence-corrected chi connectivity index (χ0v) is 11.4. The molecule has 0 spiro atoms. The standard InChI is InChI=1S/C12H19BrN2/c1-9(2)15(4)11-6-5-10(8-14-3)12(13)7-11/h5-7,9,14H,8H2,1-4H3. The third-order valence-electron chi connectivity index (χ3n) is 2.59. The Bertz CT molecular complexity index is 323. The average molecular weight is 271 g/mol. The number of hydrogen-bond acceptors (Lipinski definition) is 2. The van der Waals surface area contributed by atoms with Gasteiger partial charge in [0.15, 0.2) is 0 Å². The van der Waals surface area contributed by atoms with Crippen molar-refractivity contribution in [1.82, 2.24) is 5.32 Å². The summed E-state index contributed by atoms with van der Waals surface area (Å²) in [6, 6.07) is 7.02. The fourth-order valence-corrected chi connectivity index (χ4v) is 1.89. The first-order valence-corrected chi connectivity index (χ1v) is 6.01. The first-order chi connectivity index (χ1) is 7.06. The van der Waals surface area contributed by atoms with Crippen LogP contribution in [0.15, 0.2) is 22.7 Å². The van der Waals surface area contributed by atoms with Crippen molar-refractivity contribution in [3.05, 3.63) is 28.2 Å². The number of anilines is 1. The van der Waals surface area contributed by atoms with Crippen LogP contribution in [0.25, 0.3) is 0 Å². The Morgan fingerprint density at radius 2 is 2.07 bits per heavy atom. The summed E-state index contributed by atoms with van der Waals surface area (Å²) in [4.78, 5) is 2.26. The summed E-state index contributed by atoms with van der Waals surface area (Å²) in [7, 11) is 4.07. The van der Waals surface area contributed by atoms with Crippen molar-refractivity contribution in [3.8, 4) is 0 Å². The molecule has 0 aliphatic heterocycles. The molecule has 1 N–H and O–H groups in total. The lowest BCUT2D eigenvalue weighted by molar-refractivity contribution is 0.753. The highest BCUT2D eigenvalue weighted by molar-refractivity contribution is 9.10. The van der Waals surface area contributed by atoms with E-state index in [2.05, 4.69) is 65.2 Å². The van der Waals surface area contributed by atoms with Gasteiger partial charge in [-0.1, -0.05) is 22.0 Å². The third kappa shape index (κ3) is 3.21. The minimum absolute atomic E-state index is 0.520. The molecule has 15 heavy (non-hydrogen) atoms. The number of halogens is 1. The molecule has 0 fully saturated rings. The number of nitrogens with zero attached hydrogens (tertiary/aromatic N) is 1. The van der Waals surface area contributed by atoms with E-state index in [4.69, 9.17) is 0 Å². The van der Waals surface area contributed by atoms with E-state index in [9.17, 15) is 0 Å². The Balaban J connectivity index is 2.90. The summed E-state index contributed by atoms with van der Waals surface area (Å²) in [5.41, 5.74) is 2.54. The summed E-state index contributed by atoms with van der Waals surface area (Å²) in [5, 5.41) is 3.15. The molecule has 0 radical (unpaired) electrons. The molecule has 0 heterocycles. The highest BCUT2D eigenvalue weighted by atomic mass is 79.9. The molecule has 0 aliphatic carbocycles. The summed E-state index contributed by atoms with van der Waals surface area (Å²) >= 11 is 3.60. The fourth-order valence-electron chi connectivity index (χ4n) is 1.39. The molecule has 0 saturated carbocycles.